The van der Waals surface area contributed by atoms with Gasteiger partial charge in [0.15, 0.2) is 5.79 Å². The predicted octanol–water partition coefficient (Wildman–Crippen LogP) is 4.76. The summed E-state index contributed by atoms with van der Waals surface area (Å²) in [5, 5.41) is 11.9. The minimum Gasteiger partial charge on any atom is -0.444 e. The van der Waals surface area contributed by atoms with Crippen LogP contribution in [0.15, 0.2) is 24.3 Å². The molecule has 31 heavy (non-hydrogen) atoms. The van der Waals surface area contributed by atoms with E-state index in [0.29, 0.717) is 19.6 Å². The molecule has 1 aromatic rings. The van der Waals surface area contributed by atoms with Crippen molar-refractivity contribution in [1.82, 2.24) is 5.32 Å². The van der Waals surface area contributed by atoms with Crippen molar-refractivity contribution in [3.05, 3.63) is 35.4 Å². The Bertz CT molecular complexity index is 668. The fraction of sp³-hybridized carbons (Fsp3) is 0.720. The summed E-state index contributed by atoms with van der Waals surface area (Å²) in [5.41, 5.74) is 1.37. The zero-order valence-electron chi connectivity index (χ0n) is 20.0. The number of amides is 1. The standard InChI is InChI=1S/C25H41NO5/c1-23(2,3)31-22(28)26-25(18-29-24(4,5)30-19-25)16-15-21-13-11-20(12-14-21)10-8-6-7-9-17-27/h11-14,27H,6-10,15-19H2,1-5H3,(H,26,28). The van der Waals surface area contributed by atoms with Crippen LogP contribution in [0.25, 0.3) is 0 Å². The first-order valence-corrected chi connectivity index (χ1v) is 11.5. The van der Waals surface area contributed by atoms with E-state index in [-0.39, 0.29) is 6.61 Å². The topological polar surface area (TPSA) is 77.0 Å². The van der Waals surface area contributed by atoms with E-state index in [1.54, 1.807) is 0 Å². The van der Waals surface area contributed by atoms with Gasteiger partial charge in [-0.05, 0) is 77.8 Å². The molecule has 1 aromatic carbocycles. The van der Waals surface area contributed by atoms with E-state index in [2.05, 4.69) is 29.6 Å². The minimum atomic E-state index is -0.655. The molecule has 0 bridgehead atoms. The van der Waals surface area contributed by atoms with Gasteiger partial charge in [-0.25, -0.2) is 4.79 Å². The quantitative estimate of drug-likeness (QED) is 0.518. The molecule has 2 rings (SSSR count). The summed E-state index contributed by atoms with van der Waals surface area (Å²) in [7, 11) is 0. The first-order chi connectivity index (χ1) is 14.5. The molecule has 1 fully saturated rings. The second-order valence-electron chi connectivity index (χ2n) is 10.1. The molecule has 0 saturated carbocycles. The van der Waals surface area contributed by atoms with Gasteiger partial charge in [-0.1, -0.05) is 37.1 Å². The third kappa shape index (κ3) is 9.58. The molecule has 6 nitrogen and oxygen atoms in total. The number of ether oxygens (including phenoxy) is 3. The number of hydrogen-bond donors (Lipinski definition) is 2. The molecule has 1 aliphatic rings. The molecule has 0 radical (unpaired) electrons. The van der Waals surface area contributed by atoms with E-state index in [1.165, 1.54) is 11.1 Å². The van der Waals surface area contributed by atoms with Crippen molar-refractivity contribution < 1.29 is 24.1 Å². The maximum atomic E-state index is 12.5. The summed E-state index contributed by atoms with van der Waals surface area (Å²) in [4.78, 5) is 12.5. The molecular formula is C25H41NO5. The van der Waals surface area contributed by atoms with Crippen molar-refractivity contribution in [3.8, 4) is 0 Å². The lowest BCUT2D eigenvalue weighted by atomic mass is 9.91. The van der Waals surface area contributed by atoms with Crippen molar-refractivity contribution in [2.24, 2.45) is 0 Å². The highest BCUT2D eigenvalue weighted by molar-refractivity contribution is 5.69. The number of aliphatic hydroxyl groups excluding tert-OH is 1. The smallest absolute Gasteiger partial charge is 0.408 e. The fourth-order valence-corrected chi connectivity index (χ4v) is 3.56. The molecule has 1 aliphatic heterocycles. The van der Waals surface area contributed by atoms with Gasteiger partial charge >= 0.3 is 6.09 Å². The SMILES string of the molecule is CC(C)(C)OC(=O)NC1(CCc2ccc(CCCCCCO)cc2)COC(C)(C)OC1. The lowest BCUT2D eigenvalue weighted by molar-refractivity contribution is -0.271. The summed E-state index contributed by atoms with van der Waals surface area (Å²) in [6.07, 6.45) is 6.39. The Labute approximate surface area is 187 Å². The first-order valence-electron chi connectivity index (χ1n) is 11.5. The van der Waals surface area contributed by atoms with Crippen LogP contribution >= 0.6 is 0 Å². The largest absolute Gasteiger partial charge is 0.444 e. The van der Waals surface area contributed by atoms with Gasteiger partial charge in [-0.2, -0.15) is 0 Å². The van der Waals surface area contributed by atoms with E-state index < -0.39 is 23.0 Å². The number of nitrogens with one attached hydrogen (secondary N) is 1. The number of hydrogen-bond acceptors (Lipinski definition) is 5. The lowest BCUT2D eigenvalue weighted by Gasteiger charge is -2.44. The monoisotopic (exact) mass is 435 g/mol. The second kappa shape index (κ2) is 11.3. The molecule has 0 aliphatic carbocycles. The number of carbonyl (C=O) groups excluding carboxylic acids is 1. The van der Waals surface area contributed by atoms with Gasteiger partial charge in [-0.3, -0.25) is 0 Å². The Morgan fingerprint density at radius 3 is 2.10 bits per heavy atom. The molecule has 176 valence electrons. The second-order valence-corrected chi connectivity index (χ2v) is 10.1. The molecule has 0 spiro atoms. The van der Waals surface area contributed by atoms with E-state index in [0.717, 1.165) is 38.5 Å². The van der Waals surface area contributed by atoms with Crippen molar-refractivity contribution in [2.45, 2.75) is 96.5 Å². The molecule has 0 unspecified atom stereocenters. The Balaban J connectivity index is 1.93. The van der Waals surface area contributed by atoms with Crippen LogP contribution in [0.4, 0.5) is 4.79 Å². The lowest BCUT2D eigenvalue weighted by Crippen LogP contribution is -2.61. The summed E-state index contributed by atoms with van der Waals surface area (Å²) in [5.74, 6) is -0.655. The molecule has 1 saturated heterocycles. The molecular weight excluding hydrogens is 394 g/mol. The van der Waals surface area contributed by atoms with Gasteiger partial charge < -0.3 is 24.6 Å². The normalized spacial score (nSPS) is 17.9. The van der Waals surface area contributed by atoms with Gasteiger partial charge in [-0.15, -0.1) is 0 Å². The summed E-state index contributed by atoms with van der Waals surface area (Å²) < 4.78 is 17.2. The third-order valence-electron chi connectivity index (χ3n) is 5.45. The van der Waals surface area contributed by atoms with Crippen LogP contribution in [0.1, 0.15) is 77.8 Å². The van der Waals surface area contributed by atoms with E-state index in [1.807, 2.05) is 34.6 Å². The average molecular weight is 436 g/mol. The summed E-state index contributed by atoms with van der Waals surface area (Å²) in [6.45, 7) is 10.4. The number of aliphatic hydroxyl groups is 1. The Kier molecular flexibility index (Phi) is 9.34. The predicted molar refractivity (Wildman–Crippen MR) is 122 cm³/mol. The number of aryl methyl sites for hydroxylation is 2. The van der Waals surface area contributed by atoms with Crippen molar-refractivity contribution in [3.63, 3.8) is 0 Å². The number of alkyl carbamates (subject to hydrolysis) is 1. The molecule has 2 N–H and O–H groups in total. The highest BCUT2D eigenvalue weighted by Gasteiger charge is 2.41. The van der Waals surface area contributed by atoms with Crippen LogP contribution < -0.4 is 5.32 Å². The zero-order chi connectivity index (χ0) is 23.0. The van der Waals surface area contributed by atoms with E-state index >= 15 is 0 Å². The van der Waals surface area contributed by atoms with Gasteiger partial charge in [0.25, 0.3) is 0 Å². The highest BCUT2D eigenvalue weighted by atomic mass is 16.7. The van der Waals surface area contributed by atoms with Gasteiger partial charge in [0.2, 0.25) is 0 Å². The molecule has 1 amide bonds. The molecule has 1 heterocycles. The minimum absolute atomic E-state index is 0.284. The molecule has 6 heteroatoms. The zero-order valence-corrected chi connectivity index (χ0v) is 20.0. The molecule has 0 atom stereocenters. The number of benzene rings is 1. The third-order valence-corrected chi connectivity index (χ3v) is 5.45. The molecule has 0 aromatic heterocycles. The van der Waals surface area contributed by atoms with Gasteiger partial charge in [0.05, 0.1) is 18.8 Å². The summed E-state index contributed by atoms with van der Waals surface area (Å²) in [6, 6.07) is 8.70. The van der Waals surface area contributed by atoms with E-state index in [4.69, 9.17) is 19.3 Å². The Hall–Kier alpha value is -1.63. The van der Waals surface area contributed by atoms with Crippen LogP contribution in [0.2, 0.25) is 0 Å². The van der Waals surface area contributed by atoms with Crippen LogP contribution in [0.3, 0.4) is 0 Å². The van der Waals surface area contributed by atoms with Crippen molar-refractivity contribution in [2.75, 3.05) is 19.8 Å². The Morgan fingerprint density at radius 1 is 1.00 bits per heavy atom. The number of carbonyl (C=O) groups is 1. The van der Waals surface area contributed by atoms with Crippen LogP contribution in [0.5, 0.6) is 0 Å². The van der Waals surface area contributed by atoms with Gasteiger partial charge in [0, 0.05) is 6.61 Å². The summed E-state index contributed by atoms with van der Waals surface area (Å²) >= 11 is 0. The van der Waals surface area contributed by atoms with Crippen LogP contribution in [-0.2, 0) is 27.1 Å². The first kappa shape index (κ1) is 25.6. The average Bonchev–Trinajstić information content (AvgIpc) is 2.68. The van der Waals surface area contributed by atoms with E-state index in [9.17, 15) is 4.79 Å². The Morgan fingerprint density at radius 2 is 1.55 bits per heavy atom. The highest BCUT2D eigenvalue weighted by Crippen LogP contribution is 2.28. The van der Waals surface area contributed by atoms with Crippen molar-refractivity contribution >= 4 is 6.09 Å². The number of unbranched alkanes of at least 4 members (excludes halogenated alkanes) is 3. The maximum Gasteiger partial charge on any atom is 0.408 e. The van der Waals surface area contributed by atoms with Crippen LogP contribution in [-0.4, -0.2) is 47.9 Å². The maximum absolute atomic E-state index is 12.5. The van der Waals surface area contributed by atoms with Gasteiger partial charge in [0.1, 0.15) is 5.60 Å². The van der Waals surface area contributed by atoms with Crippen molar-refractivity contribution in [1.29, 1.82) is 0 Å². The van der Waals surface area contributed by atoms with Crippen LogP contribution in [0, 0.1) is 0 Å². The number of rotatable bonds is 10. The fourth-order valence-electron chi connectivity index (χ4n) is 3.56.